The Bertz CT molecular complexity index is 933. The van der Waals surface area contributed by atoms with Crippen LogP contribution in [0.15, 0.2) is 42.9 Å². The predicted molar refractivity (Wildman–Crippen MR) is 76.8 cm³/mol. The van der Waals surface area contributed by atoms with Crippen molar-refractivity contribution in [2.45, 2.75) is 6.92 Å². The average molecular weight is 264 g/mol. The largest absolute Gasteiger partial charge is 0.366 e. The molecule has 0 fully saturated rings. The minimum atomic E-state index is 0.278. The Morgan fingerprint density at radius 1 is 1.20 bits per heavy atom. The third-order valence-electron chi connectivity index (χ3n) is 3.35. The molecular formula is C14H12N6. The molecular weight excluding hydrogens is 252 g/mol. The van der Waals surface area contributed by atoms with Crippen LogP contribution < -0.4 is 5.73 Å². The molecule has 20 heavy (non-hydrogen) atoms. The van der Waals surface area contributed by atoms with Crippen molar-refractivity contribution in [3.05, 3.63) is 48.4 Å². The summed E-state index contributed by atoms with van der Waals surface area (Å²) in [5, 5.41) is 4.17. The lowest BCUT2D eigenvalue weighted by Gasteiger charge is -2.06. The molecule has 3 aromatic heterocycles. The van der Waals surface area contributed by atoms with E-state index < -0.39 is 0 Å². The molecule has 0 unspecified atom stereocenters. The highest BCUT2D eigenvalue weighted by Gasteiger charge is 2.09. The number of para-hydroxylation sites is 2. The van der Waals surface area contributed by atoms with E-state index in [0.29, 0.717) is 0 Å². The van der Waals surface area contributed by atoms with Crippen molar-refractivity contribution in [1.82, 2.24) is 24.1 Å². The summed E-state index contributed by atoms with van der Waals surface area (Å²) in [5.74, 6) is 0.278. The molecule has 0 aliphatic carbocycles. The Balaban J connectivity index is 2.02. The van der Waals surface area contributed by atoms with Gasteiger partial charge in [-0.05, 0) is 30.7 Å². The monoisotopic (exact) mass is 264 g/mol. The summed E-state index contributed by atoms with van der Waals surface area (Å²) >= 11 is 0. The molecule has 0 atom stereocenters. The highest BCUT2D eigenvalue weighted by Crippen LogP contribution is 2.20. The molecule has 2 N–H and O–H groups in total. The van der Waals surface area contributed by atoms with Crippen LogP contribution in [0.4, 0.5) is 5.95 Å². The van der Waals surface area contributed by atoms with Gasteiger partial charge in [-0.1, -0.05) is 12.1 Å². The van der Waals surface area contributed by atoms with E-state index in [1.54, 1.807) is 4.52 Å². The zero-order chi connectivity index (χ0) is 13.7. The van der Waals surface area contributed by atoms with Crippen LogP contribution >= 0.6 is 0 Å². The van der Waals surface area contributed by atoms with E-state index >= 15 is 0 Å². The maximum Gasteiger partial charge on any atom is 0.240 e. The van der Waals surface area contributed by atoms with Crippen molar-refractivity contribution in [3.8, 4) is 5.69 Å². The highest BCUT2D eigenvalue weighted by atomic mass is 15.3. The van der Waals surface area contributed by atoms with Crippen LogP contribution in [-0.2, 0) is 0 Å². The van der Waals surface area contributed by atoms with Gasteiger partial charge in [0.2, 0.25) is 5.95 Å². The molecule has 0 saturated heterocycles. The maximum absolute atomic E-state index is 5.66. The summed E-state index contributed by atoms with van der Waals surface area (Å²) in [6, 6.07) is 10.1. The predicted octanol–water partition coefficient (Wildman–Crippen LogP) is 1.96. The number of imidazole rings is 1. The number of pyridine rings is 1. The number of anilines is 1. The number of nitrogens with zero attached hydrogens (tertiary/aromatic N) is 5. The fourth-order valence-corrected chi connectivity index (χ4v) is 2.44. The van der Waals surface area contributed by atoms with E-state index in [1.165, 1.54) is 0 Å². The van der Waals surface area contributed by atoms with Gasteiger partial charge >= 0.3 is 0 Å². The summed E-state index contributed by atoms with van der Waals surface area (Å²) in [7, 11) is 0. The van der Waals surface area contributed by atoms with Crippen LogP contribution in [0, 0.1) is 6.92 Å². The summed E-state index contributed by atoms with van der Waals surface area (Å²) in [6.45, 7) is 1.99. The van der Waals surface area contributed by atoms with Gasteiger partial charge in [-0.3, -0.25) is 4.57 Å². The van der Waals surface area contributed by atoms with Gasteiger partial charge in [0, 0.05) is 0 Å². The lowest BCUT2D eigenvalue weighted by molar-refractivity contribution is 0.937. The summed E-state index contributed by atoms with van der Waals surface area (Å²) in [6.07, 6.45) is 3.71. The maximum atomic E-state index is 5.66. The number of benzene rings is 1. The standard InChI is InChI=1S/C14H12N6/c1-9-6-10(7-20-13(9)17-14(15)18-20)19-8-16-11-4-2-3-5-12(11)19/h2-8H,1H3,(H2,15,18). The average Bonchev–Trinajstić information content (AvgIpc) is 3.01. The molecule has 6 heteroatoms. The molecule has 6 nitrogen and oxygen atoms in total. The lowest BCUT2D eigenvalue weighted by Crippen LogP contribution is -1.98. The van der Waals surface area contributed by atoms with Gasteiger partial charge in [0.25, 0.3) is 0 Å². The van der Waals surface area contributed by atoms with Crippen molar-refractivity contribution < 1.29 is 0 Å². The molecule has 1 aromatic carbocycles. The number of fused-ring (bicyclic) bond motifs is 2. The van der Waals surface area contributed by atoms with Gasteiger partial charge in [0.1, 0.15) is 6.33 Å². The Morgan fingerprint density at radius 3 is 2.95 bits per heavy atom. The van der Waals surface area contributed by atoms with E-state index in [2.05, 4.69) is 21.1 Å². The van der Waals surface area contributed by atoms with E-state index in [0.717, 1.165) is 27.9 Å². The van der Waals surface area contributed by atoms with Crippen LogP contribution in [0.5, 0.6) is 0 Å². The lowest BCUT2D eigenvalue weighted by atomic mass is 10.2. The number of nitrogen functional groups attached to an aromatic ring is 1. The van der Waals surface area contributed by atoms with Gasteiger partial charge < -0.3 is 5.73 Å². The van der Waals surface area contributed by atoms with Gasteiger partial charge in [0.05, 0.1) is 22.9 Å². The molecule has 3 heterocycles. The summed E-state index contributed by atoms with van der Waals surface area (Å²) in [5.41, 5.74) is 10.4. The molecule has 98 valence electrons. The second-order valence-electron chi connectivity index (χ2n) is 4.72. The van der Waals surface area contributed by atoms with Crippen LogP contribution in [0.2, 0.25) is 0 Å². The molecule has 0 radical (unpaired) electrons. The van der Waals surface area contributed by atoms with Crippen molar-refractivity contribution in [1.29, 1.82) is 0 Å². The van der Waals surface area contributed by atoms with Crippen LogP contribution in [0.3, 0.4) is 0 Å². The summed E-state index contributed by atoms with van der Waals surface area (Å²) < 4.78 is 3.73. The molecule has 0 amide bonds. The molecule has 0 spiro atoms. The number of hydrogen-bond acceptors (Lipinski definition) is 4. The van der Waals surface area contributed by atoms with E-state index in [4.69, 9.17) is 5.73 Å². The first-order valence-corrected chi connectivity index (χ1v) is 6.27. The smallest absolute Gasteiger partial charge is 0.240 e. The zero-order valence-electron chi connectivity index (χ0n) is 10.9. The summed E-state index contributed by atoms with van der Waals surface area (Å²) in [4.78, 5) is 8.61. The molecule has 0 bridgehead atoms. The quantitative estimate of drug-likeness (QED) is 0.570. The fourth-order valence-electron chi connectivity index (χ4n) is 2.44. The molecule has 0 saturated carbocycles. The first-order valence-electron chi connectivity index (χ1n) is 6.27. The van der Waals surface area contributed by atoms with Gasteiger partial charge in [-0.2, -0.15) is 4.98 Å². The van der Waals surface area contributed by atoms with Crippen LogP contribution in [0.25, 0.3) is 22.4 Å². The number of aromatic nitrogens is 5. The Labute approximate surface area is 114 Å². The van der Waals surface area contributed by atoms with Crippen LogP contribution in [0.1, 0.15) is 5.56 Å². The van der Waals surface area contributed by atoms with Crippen molar-refractivity contribution in [2.75, 3.05) is 5.73 Å². The number of nitrogens with two attached hydrogens (primary N) is 1. The number of hydrogen-bond donors (Lipinski definition) is 1. The van der Waals surface area contributed by atoms with Gasteiger partial charge in [-0.25, -0.2) is 9.50 Å². The Morgan fingerprint density at radius 2 is 2.05 bits per heavy atom. The third-order valence-corrected chi connectivity index (χ3v) is 3.35. The van der Waals surface area contributed by atoms with Crippen molar-refractivity contribution >= 4 is 22.6 Å². The van der Waals surface area contributed by atoms with E-state index in [-0.39, 0.29) is 5.95 Å². The highest BCUT2D eigenvalue weighted by molar-refractivity contribution is 5.77. The molecule has 4 rings (SSSR count). The van der Waals surface area contributed by atoms with Crippen molar-refractivity contribution in [2.24, 2.45) is 0 Å². The molecule has 0 aliphatic heterocycles. The van der Waals surface area contributed by atoms with E-state index in [9.17, 15) is 0 Å². The minimum absolute atomic E-state index is 0.278. The topological polar surface area (TPSA) is 74.0 Å². The van der Waals surface area contributed by atoms with Gasteiger partial charge in [0.15, 0.2) is 5.65 Å². The first kappa shape index (κ1) is 11.0. The second kappa shape index (κ2) is 3.80. The minimum Gasteiger partial charge on any atom is -0.366 e. The number of aryl methyl sites for hydroxylation is 1. The molecule has 4 aromatic rings. The Hall–Kier alpha value is -2.89. The second-order valence-corrected chi connectivity index (χ2v) is 4.72. The van der Waals surface area contributed by atoms with Crippen LogP contribution in [-0.4, -0.2) is 24.1 Å². The fraction of sp³-hybridized carbons (Fsp3) is 0.0714. The zero-order valence-corrected chi connectivity index (χ0v) is 10.9. The van der Waals surface area contributed by atoms with E-state index in [1.807, 2.05) is 48.3 Å². The first-order chi connectivity index (χ1) is 9.72. The normalized spacial score (nSPS) is 11.4. The Kier molecular flexibility index (Phi) is 2.09. The number of rotatable bonds is 1. The van der Waals surface area contributed by atoms with Gasteiger partial charge in [-0.15, -0.1) is 5.10 Å². The SMILES string of the molecule is Cc1cc(-n2cnc3ccccc32)cn2nc(N)nc12. The third kappa shape index (κ3) is 1.48. The van der Waals surface area contributed by atoms with Crippen molar-refractivity contribution in [3.63, 3.8) is 0 Å². The molecule has 0 aliphatic rings.